The summed E-state index contributed by atoms with van der Waals surface area (Å²) in [5.74, 6) is 1.38. The van der Waals surface area contributed by atoms with Crippen LogP contribution in [0.5, 0.6) is 0 Å². The van der Waals surface area contributed by atoms with E-state index in [2.05, 4.69) is 52.9 Å². The number of nitrogens with two attached hydrogens (primary N) is 3. The third kappa shape index (κ3) is 10.2. The van der Waals surface area contributed by atoms with Gasteiger partial charge in [0.25, 0.3) is 0 Å². The highest BCUT2D eigenvalue weighted by Crippen LogP contribution is 2.18. The highest BCUT2D eigenvalue weighted by Gasteiger charge is 2.10. The topological polar surface area (TPSA) is 167 Å². The van der Waals surface area contributed by atoms with Crippen molar-refractivity contribution in [3.8, 4) is 11.5 Å². The van der Waals surface area contributed by atoms with Crippen LogP contribution >= 0.6 is 0 Å². The van der Waals surface area contributed by atoms with Crippen molar-refractivity contribution in [3.05, 3.63) is 48.4 Å². The molecule has 34 heavy (non-hydrogen) atoms. The molecule has 0 fully saturated rings. The number of nitrogen functional groups attached to an aromatic ring is 2. The largest absolute Gasteiger partial charge is 0.384 e. The van der Waals surface area contributed by atoms with Gasteiger partial charge < -0.3 is 26.7 Å². The van der Waals surface area contributed by atoms with E-state index in [0.29, 0.717) is 29.4 Å². The molecule has 3 aromatic rings. The lowest BCUT2D eigenvalue weighted by Crippen LogP contribution is -2.15. The van der Waals surface area contributed by atoms with Crippen LogP contribution in [0.4, 0.5) is 11.6 Å². The zero-order valence-electron chi connectivity index (χ0n) is 20.8. The first-order chi connectivity index (χ1) is 16.0. The molecule has 0 aliphatic carbocycles. The zero-order valence-corrected chi connectivity index (χ0v) is 20.8. The minimum absolute atomic E-state index is 0.0313. The number of ketones is 1. The normalized spacial score (nSPS) is 10.5. The third-order valence-corrected chi connectivity index (χ3v) is 3.97. The van der Waals surface area contributed by atoms with Gasteiger partial charge in [-0.1, -0.05) is 12.1 Å². The molecule has 0 aliphatic rings. The van der Waals surface area contributed by atoms with E-state index in [-0.39, 0.29) is 12.3 Å². The van der Waals surface area contributed by atoms with Gasteiger partial charge in [-0.25, -0.2) is 9.97 Å². The Hall–Kier alpha value is -3.86. The van der Waals surface area contributed by atoms with Gasteiger partial charge in [0.15, 0.2) is 11.6 Å². The third-order valence-electron chi connectivity index (χ3n) is 3.97. The summed E-state index contributed by atoms with van der Waals surface area (Å²) < 4.78 is 1.96. The molecule has 0 amide bonds. The van der Waals surface area contributed by atoms with Gasteiger partial charge in [-0.2, -0.15) is 0 Å². The smallest absolute Gasteiger partial charge is 0.194 e. The number of pyridine rings is 2. The molecule has 0 saturated heterocycles. The van der Waals surface area contributed by atoms with Gasteiger partial charge in [0.2, 0.25) is 0 Å². The fourth-order valence-electron chi connectivity index (χ4n) is 2.36. The molecule has 6 N–H and O–H groups in total. The van der Waals surface area contributed by atoms with Crippen molar-refractivity contribution in [1.29, 1.82) is 0 Å². The molecule has 11 heteroatoms. The number of hydrogen-bond donors (Lipinski definition) is 3. The van der Waals surface area contributed by atoms with Crippen molar-refractivity contribution in [2.24, 2.45) is 10.7 Å². The Morgan fingerprint density at radius 2 is 1.68 bits per heavy atom. The van der Waals surface area contributed by atoms with Crippen molar-refractivity contribution < 1.29 is 4.79 Å². The molecule has 0 radical (unpaired) electrons. The van der Waals surface area contributed by atoms with Crippen molar-refractivity contribution in [3.63, 3.8) is 0 Å². The lowest BCUT2D eigenvalue weighted by Gasteiger charge is -2.09. The highest BCUT2D eigenvalue weighted by molar-refractivity contribution is 5.95. The number of anilines is 2. The number of carbonyl (C=O) groups is 1. The first-order valence-electron chi connectivity index (χ1n) is 10.8. The molecule has 3 heterocycles. The average Bonchev–Trinajstić information content (AvgIpc) is 3.28. The molecule has 184 valence electrons. The van der Waals surface area contributed by atoms with E-state index in [4.69, 9.17) is 17.2 Å². The molecule has 0 spiro atoms. The number of Topliss-reactive ketones (excluding diaryl/α,β-unsaturated/α-hetero) is 1. The van der Waals surface area contributed by atoms with E-state index in [1.807, 2.05) is 42.0 Å². The summed E-state index contributed by atoms with van der Waals surface area (Å²) in [5, 5.41) is 7.93. The fraction of sp³-hybridized carbons (Fsp3) is 0.391. The van der Waals surface area contributed by atoms with Crippen LogP contribution in [0.15, 0.2) is 47.7 Å². The van der Waals surface area contributed by atoms with E-state index in [1.165, 1.54) is 0 Å². The quantitative estimate of drug-likeness (QED) is 0.279. The van der Waals surface area contributed by atoms with Gasteiger partial charge in [0.1, 0.15) is 29.4 Å². The van der Waals surface area contributed by atoms with Crippen LogP contribution in [0, 0.1) is 0 Å². The summed E-state index contributed by atoms with van der Waals surface area (Å²) in [4.78, 5) is 25.0. The SMILES string of the molecule is CC(C)N=CN(C)C.CC(C)n1cnnc1-c1cccc(N)n1.NCC(=O)c1cccc(N)n1. The van der Waals surface area contributed by atoms with Crippen molar-refractivity contribution in [2.75, 3.05) is 32.1 Å². The van der Waals surface area contributed by atoms with E-state index >= 15 is 0 Å². The van der Waals surface area contributed by atoms with Crippen LogP contribution in [0.25, 0.3) is 11.5 Å². The molecule has 0 bridgehead atoms. The van der Waals surface area contributed by atoms with Crippen LogP contribution in [0.3, 0.4) is 0 Å². The molecular formula is C23H36N10O. The monoisotopic (exact) mass is 468 g/mol. The number of aliphatic imine (C=N–C) groups is 1. The van der Waals surface area contributed by atoms with Crippen LogP contribution in [0.2, 0.25) is 0 Å². The number of nitrogens with zero attached hydrogens (tertiary/aromatic N) is 7. The molecule has 11 nitrogen and oxygen atoms in total. The lowest BCUT2D eigenvalue weighted by atomic mass is 10.2. The number of aromatic nitrogens is 5. The fourth-order valence-corrected chi connectivity index (χ4v) is 2.36. The predicted octanol–water partition coefficient (Wildman–Crippen LogP) is 2.29. The Labute approximate surface area is 201 Å². The minimum atomic E-state index is -0.197. The van der Waals surface area contributed by atoms with Crippen molar-refractivity contribution >= 4 is 23.8 Å². The second-order valence-electron chi connectivity index (χ2n) is 8.00. The van der Waals surface area contributed by atoms with Crippen molar-refractivity contribution in [1.82, 2.24) is 29.6 Å². The highest BCUT2D eigenvalue weighted by atomic mass is 16.1. The Bertz CT molecular complexity index is 1030. The molecule has 0 aromatic carbocycles. The van der Waals surface area contributed by atoms with Gasteiger partial charge in [-0.05, 0) is 52.0 Å². The molecule has 3 rings (SSSR count). The Morgan fingerprint density at radius 3 is 2.15 bits per heavy atom. The summed E-state index contributed by atoms with van der Waals surface area (Å²) in [5.41, 5.74) is 17.2. The van der Waals surface area contributed by atoms with E-state index in [1.54, 1.807) is 30.6 Å². The van der Waals surface area contributed by atoms with Crippen LogP contribution in [-0.4, -0.2) is 68.4 Å². The summed E-state index contributed by atoms with van der Waals surface area (Å²) in [6, 6.07) is 11.1. The average molecular weight is 469 g/mol. The van der Waals surface area contributed by atoms with Gasteiger partial charge in [-0.3, -0.25) is 9.79 Å². The molecule has 0 aliphatic heterocycles. The van der Waals surface area contributed by atoms with Gasteiger partial charge in [0, 0.05) is 26.2 Å². The molecule has 0 saturated carbocycles. The standard InChI is InChI=1S/C10H13N5.C7H9N3O.C6H14N2/c1-7(2)15-6-12-14-10(15)8-4-3-5-9(11)13-8;8-4-6(11)5-2-1-3-7(9)10-5;1-6(2)7-5-8(3)4/h3-7H,1-2H3,(H2,11,13);1-3H,4,8H2,(H2,9,10);5-6H,1-4H3. The van der Waals surface area contributed by atoms with Crippen molar-refractivity contribution in [2.45, 2.75) is 39.8 Å². The summed E-state index contributed by atoms with van der Waals surface area (Å²) >= 11 is 0. The molecule has 3 aromatic heterocycles. The second kappa shape index (κ2) is 14.3. The zero-order chi connectivity index (χ0) is 25.7. The van der Waals surface area contributed by atoms with Crippen LogP contribution in [0.1, 0.15) is 44.2 Å². The number of rotatable bonds is 6. The summed E-state index contributed by atoms with van der Waals surface area (Å²) in [7, 11) is 3.93. The van der Waals surface area contributed by atoms with Gasteiger partial charge in [0.05, 0.1) is 12.9 Å². The molecular weight excluding hydrogens is 432 g/mol. The van der Waals surface area contributed by atoms with E-state index in [0.717, 1.165) is 11.5 Å². The molecule has 0 atom stereocenters. The first-order valence-corrected chi connectivity index (χ1v) is 10.8. The summed E-state index contributed by atoms with van der Waals surface area (Å²) in [6.45, 7) is 8.22. The lowest BCUT2D eigenvalue weighted by molar-refractivity contribution is 0.0997. The number of carbonyl (C=O) groups excluding carboxylic acids is 1. The maximum absolute atomic E-state index is 10.9. The Kier molecular flexibility index (Phi) is 11.9. The van der Waals surface area contributed by atoms with Gasteiger partial charge in [-0.15, -0.1) is 10.2 Å². The van der Waals surface area contributed by atoms with Crippen LogP contribution < -0.4 is 17.2 Å². The molecule has 0 unspecified atom stereocenters. The Morgan fingerprint density at radius 1 is 1.06 bits per heavy atom. The number of hydrogen-bond acceptors (Lipinski definition) is 9. The maximum Gasteiger partial charge on any atom is 0.194 e. The van der Waals surface area contributed by atoms with E-state index < -0.39 is 0 Å². The predicted molar refractivity (Wildman–Crippen MR) is 137 cm³/mol. The maximum atomic E-state index is 10.9. The first kappa shape index (κ1) is 28.2. The Balaban J connectivity index is 0.000000270. The summed E-state index contributed by atoms with van der Waals surface area (Å²) in [6.07, 6.45) is 3.52. The van der Waals surface area contributed by atoms with Gasteiger partial charge >= 0.3 is 0 Å². The van der Waals surface area contributed by atoms with Crippen LogP contribution in [-0.2, 0) is 0 Å². The minimum Gasteiger partial charge on any atom is -0.384 e. The van der Waals surface area contributed by atoms with E-state index in [9.17, 15) is 4.79 Å². The second-order valence-corrected chi connectivity index (χ2v) is 8.00.